The molecule has 4 rings (SSSR count). The highest BCUT2D eigenvalue weighted by Crippen LogP contribution is 2.69. The highest BCUT2D eigenvalue weighted by Gasteiger charge is 2.67. The highest BCUT2D eigenvalue weighted by molar-refractivity contribution is 5.95. The molecule has 0 radical (unpaired) electrons. The number of aryl methyl sites for hydroxylation is 2. The molecule has 1 unspecified atom stereocenters. The van der Waals surface area contributed by atoms with E-state index in [9.17, 15) is 4.79 Å². The van der Waals surface area contributed by atoms with E-state index in [1.807, 2.05) is 0 Å². The molecule has 1 N–H and O–H groups in total. The van der Waals surface area contributed by atoms with E-state index in [0.717, 1.165) is 34.9 Å². The maximum Gasteiger partial charge on any atom is 0.228 e. The summed E-state index contributed by atoms with van der Waals surface area (Å²) >= 11 is 0. The smallest absolute Gasteiger partial charge is 0.228 e. The summed E-state index contributed by atoms with van der Waals surface area (Å²) in [4.78, 5) is 12.5. The van der Waals surface area contributed by atoms with E-state index in [1.165, 1.54) is 24.8 Å². The van der Waals surface area contributed by atoms with Gasteiger partial charge in [0.05, 0.1) is 0 Å². The van der Waals surface area contributed by atoms with Crippen molar-refractivity contribution in [1.82, 2.24) is 0 Å². The van der Waals surface area contributed by atoms with Gasteiger partial charge in [-0.1, -0.05) is 12.1 Å². The van der Waals surface area contributed by atoms with E-state index < -0.39 is 0 Å². The molecule has 0 saturated heterocycles. The second-order valence-corrected chi connectivity index (χ2v) is 6.82. The predicted molar refractivity (Wildman–Crippen MR) is 75.8 cm³/mol. The fraction of sp³-hybridized carbons (Fsp3) is 0.588. The van der Waals surface area contributed by atoms with Gasteiger partial charge in [-0.15, -0.1) is 0 Å². The van der Waals surface area contributed by atoms with Gasteiger partial charge in [-0.25, -0.2) is 0 Å². The first-order chi connectivity index (χ1) is 9.15. The van der Waals surface area contributed by atoms with Gasteiger partial charge in [0.15, 0.2) is 0 Å². The van der Waals surface area contributed by atoms with Crippen LogP contribution in [0.2, 0.25) is 0 Å². The molecule has 3 aliphatic rings. The zero-order valence-electron chi connectivity index (χ0n) is 11.6. The molecule has 2 bridgehead atoms. The summed E-state index contributed by atoms with van der Waals surface area (Å²) in [6, 6.07) is 6.26. The highest BCUT2D eigenvalue weighted by atomic mass is 16.2. The van der Waals surface area contributed by atoms with Crippen LogP contribution >= 0.6 is 0 Å². The van der Waals surface area contributed by atoms with Gasteiger partial charge in [-0.05, 0) is 74.0 Å². The predicted octanol–water partition coefficient (Wildman–Crippen LogP) is 3.53. The second kappa shape index (κ2) is 3.84. The average molecular weight is 255 g/mol. The number of nitrogens with one attached hydrogen (secondary N) is 1. The van der Waals surface area contributed by atoms with Crippen molar-refractivity contribution < 1.29 is 4.79 Å². The molecule has 19 heavy (non-hydrogen) atoms. The van der Waals surface area contributed by atoms with Crippen LogP contribution in [0.15, 0.2) is 18.2 Å². The number of rotatable bonds is 2. The third kappa shape index (κ3) is 1.65. The standard InChI is InChI=1S/C17H21NO/c1-9-3-4-10(2)13(7-9)18-17(19)16-14-11-5-6-12(8-11)15(14)16/h3-4,7,11-12,14-16H,5-6,8H2,1-2H3,(H,18,19)/t11-,12+,14-,15-,16?/m1/s1. The minimum atomic E-state index is 0.278. The molecule has 1 amide bonds. The molecule has 3 saturated carbocycles. The third-order valence-corrected chi connectivity index (χ3v) is 5.69. The van der Waals surface area contributed by atoms with Gasteiger partial charge >= 0.3 is 0 Å². The Morgan fingerprint density at radius 1 is 1.16 bits per heavy atom. The Bertz CT molecular complexity index is 534. The van der Waals surface area contributed by atoms with Gasteiger partial charge in [0.1, 0.15) is 0 Å². The summed E-state index contributed by atoms with van der Waals surface area (Å²) in [7, 11) is 0. The van der Waals surface area contributed by atoms with Crippen molar-refractivity contribution in [3.05, 3.63) is 29.3 Å². The molecule has 3 aliphatic carbocycles. The Balaban J connectivity index is 1.50. The number of amides is 1. The molecule has 0 aliphatic heterocycles. The van der Waals surface area contributed by atoms with E-state index >= 15 is 0 Å². The van der Waals surface area contributed by atoms with Crippen LogP contribution < -0.4 is 5.32 Å². The van der Waals surface area contributed by atoms with Gasteiger partial charge < -0.3 is 5.32 Å². The molecule has 5 atom stereocenters. The fourth-order valence-corrected chi connectivity index (χ4v) is 4.76. The first-order valence-corrected chi connectivity index (χ1v) is 7.53. The topological polar surface area (TPSA) is 29.1 Å². The number of hydrogen-bond acceptors (Lipinski definition) is 1. The normalized spacial score (nSPS) is 38.1. The first kappa shape index (κ1) is 11.5. The Hall–Kier alpha value is -1.31. The van der Waals surface area contributed by atoms with Crippen LogP contribution in [0.3, 0.4) is 0 Å². The molecular weight excluding hydrogens is 234 g/mol. The molecule has 0 aromatic heterocycles. The number of carbonyl (C=O) groups is 1. The van der Waals surface area contributed by atoms with E-state index in [0.29, 0.717) is 5.92 Å². The lowest BCUT2D eigenvalue weighted by molar-refractivity contribution is -0.118. The number of anilines is 1. The van der Waals surface area contributed by atoms with Gasteiger partial charge in [0, 0.05) is 11.6 Å². The van der Waals surface area contributed by atoms with Gasteiger partial charge in [0.25, 0.3) is 0 Å². The molecule has 2 heteroatoms. The Morgan fingerprint density at radius 3 is 2.53 bits per heavy atom. The van der Waals surface area contributed by atoms with Crippen LogP contribution in [0.4, 0.5) is 5.69 Å². The van der Waals surface area contributed by atoms with Crippen LogP contribution in [0.1, 0.15) is 30.4 Å². The van der Waals surface area contributed by atoms with Gasteiger partial charge in [0.2, 0.25) is 5.91 Å². The van der Waals surface area contributed by atoms with Crippen LogP contribution in [-0.2, 0) is 4.79 Å². The number of carbonyl (C=O) groups excluding carboxylic acids is 1. The summed E-state index contributed by atoms with van der Waals surface area (Å²) in [6.45, 7) is 4.13. The van der Waals surface area contributed by atoms with E-state index in [2.05, 4.69) is 37.4 Å². The van der Waals surface area contributed by atoms with Crippen LogP contribution in [0.5, 0.6) is 0 Å². The molecule has 0 spiro atoms. The molecule has 0 heterocycles. The van der Waals surface area contributed by atoms with E-state index in [1.54, 1.807) is 0 Å². The number of benzene rings is 1. The average Bonchev–Trinajstić information content (AvgIpc) is 2.83. The van der Waals surface area contributed by atoms with Gasteiger partial charge in [-0.3, -0.25) is 4.79 Å². The summed E-state index contributed by atoms with van der Waals surface area (Å²) < 4.78 is 0. The molecule has 1 aromatic rings. The maximum atomic E-state index is 12.5. The monoisotopic (exact) mass is 255 g/mol. The van der Waals surface area contributed by atoms with Crippen molar-refractivity contribution in [3.63, 3.8) is 0 Å². The second-order valence-electron chi connectivity index (χ2n) is 6.82. The van der Waals surface area contributed by atoms with Crippen molar-refractivity contribution in [2.75, 3.05) is 5.32 Å². The van der Waals surface area contributed by atoms with Crippen LogP contribution in [0, 0.1) is 43.4 Å². The quantitative estimate of drug-likeness (QED) is 0.860. The lowest BCUT2D eigenvalue weighted by atomic mass is 10.0. The largest absolute Gasteiger partial charge is 0.326 e. The van der Waals surface area contributed by atoms with Crippen molar-refractivity contribution in [2.24, 2.45) is 29.6 Å². The molecule has 100 valence electrons. The summed E-state index contributed by atoms with van der Waals surface area (Å²) in [6.07, 6.45) is 4.15. The molecular formula is C17H21NO. The SMILES string of the molecule is Cc1ccc(C)c(NC(=O)C2[C@@H]3[C@@H]4CC[C@@H](C4)[C@@H]23)c1. The lowest BCUT2D eigenvalue weighted by Gasteiger charge is -2.12. The maximum absolute atomic E-state index is 12.5. The van der Waals surface area contributed by atoms with Gasteiger partial charge in [-0.2, -0.15) is 0 Å². The van der Waals surface area contributed by atoms with Crippen molar-refractivity contribution in [3.8, 4) is 0 Å². The number of fused-ring (bicyclic) bond motifs is 5. The fourth-order valence-electron chi connectivity index (χ4n) is 4.76. The minimum Gasteiger partial charge on any atom is -0.326 e. The number of hydrogen-bond donors (Lipinski definition) is 1. The van der Waals surface area contributed by atoms with Crippen molar-refractivity contribution in [1.29, 1.82) is 0 Å². The summed E-state index contributed by atoms with van der Waals surface area (Å²) in [5.74, 6) is 3.79. The Morgan fingerprint density at radius 2 is 1.84 bits per heavy atom. The zero-order chi connectivity index (χ0) is 13.1. The third-order valence-electron chi connectivity index (χ3n) is 5.69. The van der Waals surface area contributed by atoms with Crippen LogP contribution in [-0.4, -0.2) is 5.91 Å². The van der Waals surface area contributed by atoms with Crippen molar-refractivity contribution >= 4 is 11.6 Å². The molecule has 2 nitrogen and oxygen atoms in total. The Labute approximate surface area is 114 Å². The minimum absolute atomic E-state index is 0.278. The van der Waals surface area contributed by atoms with Crippen LogP contribution in [0.25, 0.3) is 0 Å². The zero-order valence-corrected chi connectivity index (χ0v) is 11.6. The molecule has 1 aromatic carbocycles. The Kier molecular flexibility index (Phi) is 2.33. The van der Waals surface area contributed by atoms with E-state index in [4.69, 9.17) is 0 Å². The lowest BCUT2D eigenvalue weighted by Crippen LogP contribution is -2.19. The summed E-state index contributed by atoms with van der Waals surface area (Å²) in [5, 5.41) is 3.17. The van der Waals surface area contributed by atoms with E-state index in [-0.39, 0.29) is 5.91 Å². The molecule has 3 fully saturated rings. The summed E-state index contributed by atoms with van der Waals surface area (Å²) in [5.41, 5.74) is 3.37. The first-order valence-electron chi connectivity index (χ1n) is 7.53. The van der Waals surface area contributed by atoms with Crippen molar-refractivity contribution in [2.45, 2.75) is 33.1 Å².